The summed E-state index contributed by atoms with van der Waals surface area (Å²) in [4.78, 5) is 25.1. The number of rotatable bonds is 14. The second-order valence-corrected chi connectivity index (χ2v) is 10.6. The summed E-state index contributed by atoms with van der Waals surface area (Å²) in [7, 11) is 3.25. The Morgan fingerprint density at radius 1 is 1.05 bits per heavy atom. The van der Waals surface area contributed by atoms with E-state index in [1.807, 2.05) is 12.1 Å². The molecule has 0 aliphatic heterocycles. The Kier molecular flexibility index (Phi) is 11.7. The lowest BCUT2D eigenvalue weighted by molar-refractivity contribution is -0.116. The van der Waals surface area contributed by atoms with Gasteiger partial charge in [-0.15, -0.1) is 0 Å². The largest absolute Gasteiger partial charge is 0.496 e. The highest BCUT2D eigenvalue weighted by Gasteiger charge is 2.24. The molecule has 0 aromatic heterocycles. The molecule has 204 valence electrons. The van der Waals surface area contributed by atoms with Crippen LogP contribution in [-0.2, 0) is 14.9 Å². The average molecular weight is 533 g/mol. The highest BCUT2D eigenvalue weighted by molar-refractivity contribution is 6.32. The number of halogens is 1. The smallest absolute Gasteiger partial charge is 0.248 e. The Bertz CT molecular complexity index is 1060. The Morgan fingerprint density at radius 2 is 1.78 bits per heavy atom. The maximum Gasteiger partial charge on any atom is 0.248 e. The van der Waals surface area contributed by atoms with Gasteiger partial charge >= 0.3 is 0 Å². The maximum atomic E-state index is 13.3. The van der Waals surface area contributed by atoms with Crippen LogP contribution in [-0.4, -0.2) is 39.2 Å². The monoisotopic (exact) mass is 532 g/mol. The van der Waals surface area contributed by atoms with E-state index >= 15 is 0 Å². The predicted molar refractivity (Wildman–Crippen MR) is 149 cm³/mol. The van der Waals surface area contributed by atoms with Crippen LogP contribution >= 0.6 is 11.6 Å². The van der Waals surface area contributed by atoms with E-state index in [4.69, 9.17) is 31.5 Å². The third-order valence-corrected chi connectivity index (χ3v) is 6.49. The van der Waals surface area contributed by atoms with Gasteiger partial charge in [0.05, 0.1) is 18.7 Å². The summed E-state index contributed by atoms with van der Waals surface area (Å²) in [6.45, 7) is 9.34. The van der Waals surface area contributed by atoms with Crippen molar-refractivity contribution in [3.8, 4) is 11.5 Å². The number of nitrogens with one attached hydrogen (secondary N) is 1. The molecule has 0 aliphatic rings. The van der Waals surface area contributed by atoms with Gasteiger partial charge in [0, 0.05) is 43.9 Å². The van der Waals surface area contributed by atoms with Gasteiger partial charge in [-0.2, -0.15) is 0 Å². The van der Waals surface area contributed by atoms with E-state index in [0.29, 0.717) is 41.0 Å². The zero-order valence-corrected chi connectivity index (χ0v) is 23.7. The van der Waals surface area contributed by atoms with Crippen molar-refractivity contribution in [2.24, 2.45) is 5.73 Å². The zero-order valence-electron chi connectivity index (χ0n) is 22.9. The van der Waals surface area contributed by atoms with Crippen molar-refractivity contribution < 1.29 is 23.8 Å². The number of anilines is 1. The number of amides is 2. The van der Waals surface area contributed by atoms with Crippen molar-refractivity contribution in [3.05, 3.63) is 52.0 Å². The maximum absolute atomic E-state index is 13.3. The number of carbonyl (C=O) groups is 2. The minimum absolute atomic E-state index is 0.118. The normalized spacial score (nSPS) is 12.2. The van der Waals surface area contributed by atoms with Crippen molar-refractivity contribution in [2.45, 2.75) is 71.1 Å². The molecule has 3 N–H and O–H groups in total. The number of nitrogens with two attached hydrogens (primary N) is 1. The van der Waals surface area contributed by atoms with Crippen molar-refractivity contribution in [3.63, 3.8) is 0 Å². The van der Waals surface area contributed by atoms with Crippen LogP contribution in [0.2, 0.25) is 5.02 Å². The van der Waals surface area contributed by atoms with Crippen LogP contribution < -0.4 is 20.5 Å². The summed E-state index contributed by atoms with van der Waals surface area (Å²) >= 11 is 6.58. The second-order valence-electron chi connectivity index (χ2n) is 10.2. The van der Waals surface area contributed by atoms with E-state index in [9.17, 15) is 9.59 Å². The molecule has 7 nitrogen and oxygen atoms in total. The van der Waals surface area contributed by atoms with Gasteiger partial charge in [-0.3, -0.25) is 9.59 Å². The first-order chi connectivity index (χ1) is 17.5. The molecular formula is C29H41ClN2O5. The number of primary amides is 1. The molecule has 0 saturated carbocycles. The molecule has 0 radical (unpaired) electrons. The lowest BCUT2D eigenvalue weighted by atomic mass is 9.84. The molecule has 37 heavy (non-hydrogen) atoms. The Labute approximate surface area is 226 Å². The van der Waals surface area contributed by atoms with E-state index in [1.165, 1.54) is 0 Å². The molecule has 2 rings (SSSR count). The fourth-order valence-corrected chi connectivity index (χ4v) is 4.47. The fourth-order valence-electron chi connectivity index (χ4n) is 4.24. The number of benzene rings is 2. The van der Waals surface area contributed by atoms with Crippen LogP contribution in [0.4, 0.5) is 5.69 Å². The van der Waals surface area contributed by atoms with E-state index in [1.54, 1.807) is 32.4 Å². The topological polar surface area (TPSA) is 99.9 Å². The van der Waals surface area contributed by atoms with Crippen molar-refractivity contribution >= 4 is 29.1 Å². The van der Waals surface area contributed by atoms with E-state index in [2.05, 4.69) is 33.0 Å². The first-order valence-electron chi connectivity index (χ1n) is 12.7. The molecule has 2 aromatic rings. The molecular weight excluding hydrogens is 492 g/mol. The van der Waals surface area contributed by atoms with Gasteiger partial charge in [0.2, 0.25) is 11.8 Å². The van der Waals surface area contributed by atoms with Crippen molar-refractivity contribution in [2.75, 3.05) is 32.8 Å². The van der Waals surface area contributed by atoms with Gasteiger partial charge in [0.25, 0.3) is 0 Å². The Hall–Kier alpha value is -2.77. The van der Waals surface area contributed by atoms with E-state index in [0.717, 1.165) is 36.8 Å². The van der Waals surface area contributed by atoms with Gasteiger partial charge < -0.3 is 25.3 Å². The number of unbranched alkanes of at least 4 members (excludes halogenated alkanes) is 1. The second kappa shape index (κ2) is 14.2. The van der Waals surface area contributed by atoms with Gasteiger partial charge in [-0.25, -0.2) is 0 Å². The molecule has 0 spiro atoms. The lowest BCUT2D eigenvalue weighted by Crippen LogP contribution is -2.22. The predicted octanol–water partition coefficient (Wildman–Crippen LogP) is 6.46. The highest BCUT2D eigenvalue weighted by Crippen LogP contribution is 2.40. The fraction of sp³-hybridized carbons (Fsp3) is 0.517. The molecule has 1 atom stereocenters. The van der Waals surface area contributed by atoms with Gasteiger partial charge in [-0.05, 0) is 47.1 Å². The lowest BCUT2D eigenvalue weighted by Gasteiger charge is -2.25. The summed E-state index contributed by atoms with van der Waals surface area (Å²) in [5.74, 6) is 0.348. The van der Waals surface area contributed by atoms with E-state index in [-0.39, 0.29) is 23.7 Å². The van der Waals surface area contributed by atoms with Crippen molar-refractivity contribution in [1.29, 1.82) is 0 Å². The first kappa shape index (κ1) is 30.5. The highest BCUT2D eigenvalue weighted by atomic mass is 35.5. The molecule has 8 heteroatoms. The molecule has 0 heterocycles. The third kappa shape index (κ3) is 8.93. The van der Waals surface area contributed by atoms with Crippen LogP contribution in [0.5, 0.6) is 11.5 Å². The minimum Gasteiger partial charge on any atom is -0.496 e. The molecule has 1 unspecified atom stereocenters. The first-order valence-corrected chi connectivity index (χ1v) is 13.1. The number of hydrogen-bond acceptors (Lipinski definition) is 5. The number of carbonyl (C=O) groups excluding carboxylic acids is 2. The van der Waals surface area contributed by atoms with Crippen LogP contribution in [0.25, 0.3) is 0 Å². The van der Waals surface area contributed by atoms with Crippen LogP contribution in [0.1, 0.15) is 87.2 Å². The summed E-state index contributed by atoms with van der Waals surface area (Å²) in [6.07, 6.45) is 3.69. The molecule has 2 aromatic carbocycles. The number of ether oxygens (including phenoxy) is 3. The SMILES string of the molecule is CCCCC(CC(=O)Nc1cc(C(N)=O)ccc1C(C)(C)C)c1cc(Cl)c(OCCCOC)cc1OC. The number of methoxy groups -OCH3 is 2. The Balaban J connectivity index is 2.33. The average Bonchev–Trinajstić information content (AvgIpc) is 2.84. The molecule has 0 bridgehead atoms. The molecule has 0 aliphatic carbocycles. The quantitative estimate of drug-likeness (QED) is 0.272. The van der Waals surface area contributed by atoms with Crippen LogP contribution in [0.15, 0.2) is 30.3 Å². The summed E-state index contributed by atoms with van der Waals surface area (Å²) < 4.78 is 16.6. The molecule has 0 saturated heterocycles. The van der Waals surface area contributed by atoms with Crippen LogP contribution in [0.3, 0.4) is 0 Å². The van der Waals surface area contributed by atoms with Crippen molar-refractivity contribution in [1.82, 2.24) is 0 Å². The number of hydrogen-bond donors (Lipinski definition) is 2. The zero-order chi connectivity index (χ0) is 27.6. The van der Waals surface area contributed by atoms with Gasteiger partial charge in [-0.1, -0.05) is 58.2 Å². The Morgan fingerprint density at radius 3 is 2.38 bits per heavy atom. The minimum atomic E-state index is -0.541. The van der Waals surface area contributed by atoms with Gasteiger partial charge in [0.15, 0.2) is 0 Å². The molecule has 2 amide bonds. The van der Waals surface area contributed by atoms with Gasteiger partial charge in [0.1, 0.15) is 11.5 Å². The summed E-state index contributed by atoms with van der Waals surface area (Å²) in [5.41, 5.74) is 7.98. The third-order valence-electron chi connectivity index (χ3n) is 6.20. The molecule has 0 fully saturated rings. The van der Waals surface area contributed by atoms with E-state index < -0.39 is 5.91 Å². The standard InChI is InChI=1S/C29H41ClN2O5/c1-7-8-10-19(21-17-23(30)26(18-25(21)36-6)37-14-9-13-35-5)16-27(33)32-24-15-20(28(31)34)11-12-22(24)29(2,3)4/h11-12,15,17-19H,7-10,13-14,16H2,1-6H3,(H2,31,34)(H,32,33). The summed E-state index contributed by atoms with van der Waals surface area (Å²) in [5, 5.41) is 3.51. The summed E-state index contributed by atoms with van der Waals surface area (Å²) in [6, 6.07) is 8.81. The van der Waals surface area contributed by atoms with Crippen LogP contribution in [0, 0.1) is 0 Å².